The Morgan fingerprint density at radius 2 is 2.58 bits per heavy atom. The number of alkyl halides is 1. The fraction of sp³-hybridized carbons (Fsp3) is 0.875. The molecule has 70 valence electrons. The SMILES string of the molecule is CC(Cl)CNC(=O)C1CCCS1. The number of halogens is 1. The fourth-order valence-corrected chi connectivity index (χ4v) is 2.40. The van der Waals surface area contributed by atoms with Gasteiger partial charge in [0, 0.05) is 11.9 Å². The van der Waals surface area contributed by atoms with Crippen molar-refractivity contribution in [2.75, 3.05) is 12.3 Å². The van der Waals surface area contributed by atoms with Crippen molar-refractivity contribution < 1.29 is 4.79 Å². The summed E-state index contributed by atoms with van der Waals surface area (Å²) in [5, 5.41) is 3.04. The van der Waals surface area contributed by atoms with Gasteiger partial charge in [0.05, 0.1) is 5.25 Å². The van der Waals surface area contributed by atoms with E-state index in [4.69, 9.17) is 11.6 Å². The van der Waals surface area contributed by atoms with E-state index in [0.29, 0.717) is 6.54 Å². The summed E-state index contributed by atoms with van der Waals surface area (Å²) in [6, 6.07) is 0. The van der Waals surface area contributed by atoms with Gasteiger partial charge in [-0.15, -0.1) is 23.4 Å². The molecule has 1 saturated heterocycles. The van der Waals surface area contributed by atoms with E-state index in [2.05, 4.69) is 5.32 Å². The molecule has 0 aliphatic carbocycles. The van der Waals surface area contributed by atoms with Crippen LogP contribution in [-0.4, -0.2) is 28.8 Å². The number of nitrogens with one attached hydrogen (secondary N) is 1. The van der Waals surface area contributed by atoms with Crippen LogP contribution in [0.1, 0.15) is 19.8 Å². The average Bonchev–Trinajstić information content (AvgIpc) is 2.51. The van der Waals surface area contributed by atoms with Gasteiger partial charge in [-0.25, -0.2) is 0 Å². The average molecular weight is 208 g/mol. The minimum Gasteiger partial charge on any atom is -0.354 e. The molecule has 1 heterocycles. The van der Waals surface area contributed by atoms with Gasteiger partial charge >= 0.3 is 0 Å². The predicted octanol–water partition coefficient (Wildman–Crippen LogP) is 1.63. The van der Waals surface area contributed by atoms with E-state index in [0.717, 1.165) is 12.2 Å². The first-order valence-electron chi connectivity index (χ1n) is 4.23. The molecule has 0 bridgehead atoms. The van der Waals surface area contributed by atoms with Crippen LogP contribution in [0, 0.1) is 0 Å². The van der Waals surface area contributed by atoms with Crippen molar-refractivity contribution in [3.63, 3.8) is 0 Å². The monoisotopic (exact) mass is 207 g/mol. The summed E-state index contributed by atoms with van der Waals surface area (Å²) in [4.78, 5) is 11.4. The predicted molar refractivity (Wildman–Crippen MR) is 53.8 cm³/mol. The van der Waals surface area contributed by atoms with Crippen molar-refractivity contribution in [1.29, 1.82) is 0 Å². The first-order chi connectivity index (χ1) is 5.70. The molecule has 12 heavy (non-hydrogen) atoms. The lowest BCUT2D eigenvalue weighted by molar-refractivity contribution is -0.120. The van der Waals surface area contributed by atoms with Gasteiger partial charge in [-0.3, -0.25) is 4.79 Å². The fourth-order valence-electron chi connectivity index (χ4n) is 1.14. The van der Waals surface area contributed by atoms with Gasteiger partial charge < -0.3 is 5.32 Å². The minimum absolute atomic E-state index is 0.0281. The summed E-state index contributed by atoms with van der Waals surface area (Å²) in [6.07, 6.45) is 2.19. The Hall–Kier alpha value is 0.110. The summed E-state index contributed by atoms with van der Waals surface area (Å²) in [6.45, 7) is 2.46. The Morgan fingerprint density at radius 1 is 1.83 bits per heavy atom. The van der Waals surface area contributed by atoms with Gasteiger partial charge in [-0.1, -0.05) is 0 Å². The molecule has 1 aliphatic heterocycles. The second kappa shape index (κ2) is 4.97. The van der Waals surface area contributed by atoms with Gasteiger partial charge in [-0.05, 0) is 25.5 Å². The third-order valence-electron chi connectivity index (χ3n) is 1.78. The summed E-state index contributed by atoms with van der Waals surface area (Å²) < 4.78 is 0. The number of carbonyl (C=O) groups excluding carboxylic acids is 1. The summed E-state index contributed by atoms with van der Waals surface area (Å²) in [7, 11) is 0. The molecular weight excluding hydrogens is 194 g/mol. The van der Waals surface area contributed by atoms with Gasteiger partial charge in [0.15, 0.2) is 0 Å². The Balaban J connectivity index is 2.18. The lowest BCUT2D eigenvalue weighted by atomic mass is 10.2. The maximum absolute atomic E-state index is 11.4. The first-order valence-corrected chi connectivity index (χ1v) is 5.72. The Bertz CT molecular complexity index is 157. The number of thioether (sulfide) groups is 1. The van der Waals surface area contributed by atoms with Gasteiger partial charge in [-0.2, -0.15) is 0 Å². The molecule has 0 aromatic carbocycles. The molecule has 0 aromatic heterocycles. The van der Waals surface area contributed by atoms with E-state index in [-0.39, 0.29) is 16.5 Å². The van der Waals surface area contributed by atoms with Crippen LogP contribution in [0.4, 0.5) is 0 Å². The maximum atomic E-state index is 11.4. The highest BCUT2D eigenvalue weighted by Crippen LogP contribution is 2.25. The van der Waals surface area contributed by atoms with E-state index >= 15 is 0 Å². The molecule has 0 aromatic rings. The highest BCUT2D eigenvalue weighted by atomic mass is 35.5. The van der Waals surface area contributed by atoms with Crippen LogP contribution < -0.4 is 5.32 Å². The number of amides is 1. The normalized spacial score (nSPS) is 25.3. The van der Waals surface area contributed by atoms with Crippen LogP contribution in [0.3, 0.4) is 0 Å². The van der Waals surface area contributed by atoms with Crippen LogP contribution in [0.25, 0.3) is 0 Å². The summed E-state index contributed by atoms with van der Waals surface area (Å²) in [5.41, 5.74) is 0. The van der Waals surface area contributed by atoms with Gasteiger partial charge in [0.2, 0.25) is 5.91 Å². The van der Waals surface area contributed by atoms with E-state index < -0.39 is 0 Å². The molecular formula is C8H14ClNOS. The molecule has 1 N–H and O–H groups in total. The third kappa shape index (κ3) is 3.23. The number of rotatable bonds is 3. The molecule has 4 heteroatoms. The quantitative estimate of drug-likeness (QED) is 0.713. The van der Waals surface area contributed by atoms with E-state index in [1.165, 1.54) is 6.42 Å². The van der Waals surface area contributed by atoms with Crippen molar-refractivity contribution in [3.8, 4) is 0 Å². The molecule has 2 nitrogen and oxygen atoms in total. The lowest BCUT2D eigenvalue weighted by Gasteiger charge is -2.10. The second-order valence-electron chi connectivity index (χ2n) is 3.03. The molecule has 2 atom stereocenters. The van der Waals surface area contributed by atoms with Crippen molar-refractivity contribution in [1.82, 2.24) is 5.32 Å². The molecule has 1 fully saturated rings. The zero-order chi connectivity index (χ0) is 8.97. The molecule has 1 aliphatic rings. The standard InChI is InChI=1S/C8H14ClNOS/c1-6(9)5-10-8(11)7-3-2-4-12-7/h6-7H,2-5H2,1H3,(H,10,11). The van der Waals surface area contributed by atoms with E-state index in [9.17, 15) is 4.79 Å². The van der Waals surface area contributed by atoms with Crippen LogP contribution >= 0.6 is 23.4 Å². The molecule has 1 rings (SSSR count). The smallest absolute Gasteiger partial charge is 0.233 e. The van der Waals surface area contributed by atoms with E-state index in [1.54, 1.807) is 11.8 Å². The number of carbonyl (C=O) groups is 1. The van der Waals surface area contributed by atoms with Crippen molar-refractivity contribution in [3.05, 3.63) is 0 Å². The van der Waals surface area contributed by atoms with Crippen molar-refractivity contribution >= 4 is 29.3 Å². The van der Waals surface area contributed by atoms with Gasteiger partial charge in [0.1, 0.15) is 0 Å². The van der Waals surface area contributed by atoms with E-state index in [1.807, 2.05) is 6.92 Å². The zero-order valence-electron chi connectivity index (χ0n) is 7.18. The molecule has 0 spiro atoms. The highest BCUT2D eigenvalue weighted by molar-refractivity contribution is 8.00. The Labute approximate surface area is 82.4 Å². The van der Waals surface area contributed by atoms with Gasteiger partial charge in [0.25, 0.3) is 0 Å². The summed E-state index contributed by atoms with van der Waals surface area (Å²) in [5.74, 6) is 1.28. The molecule has 2 unspecified atom stereocenters. The van der Waals surface area contributed by atoms with Crippen molar-refractivity contribution in [2.45, 2.75) is 30.4 Å². The maximum Gasteiger partial charge on any atom is 0.233 e. The van der Waals surface area contributed by atoms with Crippen LogP contribution in [-0.2, 0) is 4.79 Å². The molecule has 0 radical (unpaired) electrons. The van der Waals surface area contributed by atoms with Crippen LogP contribution in [0.2, 0.25) is 0 Å². The largest absolute Gasteiger partial charge is 0.354 e. The topological polar surface area (TPSA) is 29.1 Å². The lowest BCUT2D eigenvalue weighted by Crippen LogP contribution is -2.34. The van der Waals surface area contributed by atoms with Crippen LogP contribution in [0.15, 0.2) is 0 Å². The van der Waals surface area contributed by atoms with Crippen molar-refractivity contribution in [2.24, 2.45) is 0 Å². The second-order valence-corrected chi connectivity index (χ2v) is 5.08. The molecule has 1 amide bonds. The number of hydrogen-bond acceptors (Lipinski definition) is 2. The van der Waals surface area contributed by atoms with Crippen LogP contribution in [0.5, 0.6) is 0 Å². The molecule has 0 saturated carbocycles. The summed E-state index contributed by atoms with van der Waals surface area (Å²) >= 11 is 7.45. The zero-order valence-corrected chi connectivity index (χ0v) is 8.75. The number of hydrogen-bond donors (Lipinski definition) is 1. The Morgan fingerprint density at radius 3 is 3.08 bits per heavy atom. The third-order valence-corrected chi connectivity index (χ3v) is 3.31. The Kier molecular flexibility index (Phi) is 4.22. The highest BCUT2D eigenvalue weighted by Gasteiger charge is 2.22. The first kappa shape index (κ1) is 10.2. The minimum atomic E-state index is 0.0281.